The van der Waals surface area contributed by atoms with Crippen molar-refractivity contribution in [2.45, 2.75) is 6.54 Å². The van der Waals surface area contributed by atoms with Crippen LogP contribution in [0.2, 0.25) is 0 Å². The number of rotatable bonds is 6. The predicted molar refractivity (Wildman–Crippen MR) is 81.2 cm³/mol. The van der Waals surface area contributed by atoms with Crippen LogP contribution in [-0.4, -0.2) is 41.3 Å². The first kappa shape index (κ1) is 15.1. The number of methoxy groups -OCH3 is 1. The molecule has 0 bridgehead atoms. The quantitative estimate of drug-likeness (QED) is 0.875. The zero-order chi connectivity index (χ0) is 15.2. The maximum absolute atomic E-state index is 12.0. The van der Waals surface area contributed by atoms with Gasteiger partial charge < -0.3 is 10.1 Å². The van der Waals surface area contributed by atoms with E-state index in [9.17, 15) is 4.79 Å². The molecule has 0 aliphatic rings. The van der Waals surface area contributed by atoms with Crippen molar-refractivity contribution in [3.63, 3.8) is 0 Å². The number of aromatic nitrogens is 2. The molecule has 0 unspecified atom stereocenters. The molecule has 0 spiro atoms. The van der Waals surface area contributed by atoms with Crippen molar-refractivity contribution >= 4 is 11.6 Å². The molecule has 0 fully saturated rings. The minimum absolute atomic E-state index is 0.0605. The van der Waals surface area contributed by atoms with Gasteiger partial charge in [-0.1, -0.05) is 6.07 Å². The third-order valence-corrected chi connectivity index (χ3v) is 2.98. The molecule has 0 saturated carbocycles. The van der Waals surface area contributed by atoms with E-state index in [4.69, 9.17) is 4.74 Å². The second-order valence-corrected chi connectivity index (χ2v) is 4.97. The molecule has 0 saturated heterocycles. The molecule has 1 aromatic heterocycles. The monoisotopic (exact) mass is 288 g/mol. The van der Waals surface area contributed by atoms with Gasteiger partial charge in [-0.3, -0.25) is 14.4 Å². The Hall–Kier alpha value is -2.34. The number of anilines is 1. The van der Waals surface area contributed by atoms with Gasteiger partial charge in [-0.2, -0.15) is 5.10 Å². The second-order valence-electron chi connectivity index (χ2n) is 4.97. The molecule has 6 heteroatoms. The molecule has 0 aliphatic heterocycles. The molecule has 2 rings (SSSR count). The summed E-state index contributed by atoms with van der Waals surface area (Å²) in [7, 11) is 5.37. The number of hydrogen-bond acceptors (Lipinski definition) is 4. The first-order chi connectivity index (χ1) is 10.1. The fourth-order valence-corrected chi connectivity index (χ4v) is 2.07. The summed E-state index contributed by atoms with van der Waals surface area (Å²) in [6.45, 7) is 0.992. The lowest BCUT2D eigenvalue weighted by molar-refractivity contribution is -0.117. The summed E-state index contributed by atoms with van der Waals surface area (Å²) >= 11 is 0. The maximum Gasteiger partial charge on any atom is 0.238 e. The van der Waals surface area contributed by atoms with E-state index in [1.165, 1.54) is 0 Å². The number of ether oxygens (including phenoxy) is 1. The fraction of sp³-hybridized carbons (Fsp3) is 0.333. The van der Waals surface area contributed by atoms with Crippen molar-refractivity contribution < 1.29 is 9.53 Å². The summed E-state index contributed by atoms with van der Waals surface area (Å²) in [4.78, 5) is 13.9. The van der Waals surface area contributed by atoms with Gasteiger partial charge in [0, 0.05) is 37.1 Å². The Morgan fingerprint density at radius 1 is 1.48 bits per heavy atom. The normalized spacial score (nSPS) is 10.7. The molecule has 21 heavy (non-hydrogen) atoms. The van der Waals surface area contributed by atoms with Crippen molar-refractivity contribution in [2.75, 3.05) is 26.0 Å². The van der Waals surface area contributed by atoms with E-state index in [0.717, 1.165) is 17.0 Å². The Balaban J connectivity index is 1.85. The highest BCUT2D eigenvalue weighted by atomic mass is 16.5. The summed E-state index contributed by atoms with van der Waals surface area (Å²) in [5.74, 6) is 0.658. The lowest BCUT2D eigenvalue weighted by Crippen LogP contribution is -2.29. The van der Waals surface area contributed by atoms with E-state index in [0.29, 0.717) is 13.1 Å². The summed E-state index contributed by atoms with van der Waals surface area (Å²) in [6, 6.07) is 7.30. The highest BCUT2D eigenvalue weighted by molar-refractivity contribution is 5.92. The van der Waals surface area contributed by atoms with E-state index < -0.39 is 0 Å². The molecule has 1 heterocycles. The number of aryl methyl sites for hydroxylation is 1. The van der Waals surface area contributed by atoms with Gasteiger partial charge >= 0.3 is 0 Å². The molecule has 112 valence electrons. The average Bonchev–Trinajstić information content (AvgIpc) is 2.83. The first-order valence-electron chi connectivity index (χ1n) is 6.67. The molecule has 1 N–H and O–H groups in total. The molecule has 0 aliphatic carbocycles. The standard InChI is InChI=1S/C15H20N4O2/c1-18(9-12-8-16-19(2)10-12)11-15(20)17-13-5-4-6-14(7-13)21-3/h4-8,10H,9,11H2,1-3H3,(H,17,20). The summed E-state index contributed by atoms with van der Waals surface area (Å²) in [6.07, 6.45) is 3.74. The number of carbonyl (C=O) groups is 1. The van der Waals surface area contributed by atoms with E-state index in [-0.39, 0.29) is 5.91 Å². The van der Waals surface area contributed by atoms with Gasteiger partial charge in [0.1, 0.15) is 5.75 Å². The van der Waals surface area contributed by atoms with Crippen LogP contribution in [0.25, 0.3) is 0 Å². The molecule has 0 radical (unpaired) electrons. The second kappa shape index (κ2) is 6.90. The van der Waals surface area contributed by atoms with Crippen molar-refractivity contribution in [1.82, 2.24) is 14.7 Å². The number of amides is 1. The molecular formula is C15H20N4O2. The third-order valence-electron chi connectivity index (χ3n) is 2.98. The molecule has 0 atom stereocenters. The Morgan fingerprint density at radius 3 is 2.95 bits per heavy atom. The van der Waals surface area contributed by atoms with Crippen molar-refractivity contribution in [3.8, 4) is 5.75 Å². The molecule has 2 aromatic rings. The zero-order valence-corrected chi connectivity index (χ0v) is 12.5. The minimum Gasteiger partial charge on any atom is -0.497 e. The number of hydrogen-bond donors (Lipinski definition) is 1. The lowest BCUT2D eigenvalue weighted by Gasteiger charge is -2.15. The highest BCUT2D eigenvalue weighted by Crippen LogP contribution is 2.16. The van der Waals surface area contributed by atoms with Gasteiger partial charge in [-0.05, 0) is 19.2 Å². The minimum atomic E-state index is -0.0605. The molecule has 1 aromatic carbocycles. The van der Waals surface area contributed by atoms with Crippen LogP contribution in [0.1, 0.15) is 5.56 Å². The number of nitrogens with one attached hydrogen (secondary N) is 1. The fourth-order valence-electron chi connectivity index (χ4n) is 2.07. The third kappa shape index (κ3) is 4.61. The SMILES string of the molecule is COc1cccc(NC(=O)CN(C)Cc2cnn(C)c2)c1. The van der Waals surface area contributed by atoms with Crippen LogP contribution in [0.5, 0.6) is 5.75 Å². The highest BCUT2D eigenvalue weighted by Gasteiger charge is 2.09. The number of likely N-dealkylation sites (N-methyl/N-ethyl adjacent to an activating group) is 1. The van der Waals surface area contributed by atoms with Gasteiger partial charge in [-0.15, -0.1) is 0 Å². The van der Waals surface area contributed by atoms with Crippen LogP contribution in [0.3, 0.4) is 0 Å². The van der Waals surface area contributed by atoms with Crippen LogP contribution in [-0.2, 0) is 18.4 Å². The van der Waals surface area contributed by atoms with Crippen LogP contribution in [0, 0.1) is 0 Å². The summed E-state index contributed by atoms with van der Waals surface area (Å²) in [5.41, 5.74) is 1.81. The lowest BCUT2D eigenvalue weighted by atomic mass is 10.3. The van der Waals surface area contributed by atoms with Gasteiger partial charge in [0.25, 0.3) is 0 Å². The van der Waals surface area contributed by atoms with E-state index in [1.54, 1.807) is 24.1 Å². The summed E-state index contributed by atoms with van der Waals surface area (Å²) in [5, 5.41) is 6.97. The average molecular weight is 288 g/mol. The zero-order valence-electron chi connectivity index (χ0n) is 12.5. The van der Waals surface area contributed by atoms with Gasteiger partial charge in [-0.25, -0.2) is 0 Å². The number of nitrogens with zero attached hydrogens (tertiary/aromatic N) is 3. The smallest absolute Gasteiger partial charge is 0.238 e. The van der Waals surface area contributed by atoms with Crippen molar-refractivity contribution in [3.05, 3.63) is 42.2 Å². The van der Waals surface area contributed by atoms with Crippen LogP contribution < -0.4 is 10.1 Å². The van der Waals surface area contributed by atoms with Crippen LogP contribution in [0.15, 0.2) is 36.7 Å². The van der Waals surface area contributed by atoms with Crippen LogP contribution in [0.4, 0.5) is 5.69 Å². The largest absolute Gasteiger partial charge is 0.497 e. The Kier molecular flexibility index (Phi) is 4.94. The van der Waals surface area contributed by atoms with Crippen molar-refractivity contribution in [2.24, 2.45) is 7.05 Å². The Morgan fingerprint density at radius 2 is 2.29 bits per heavy atom. The molecule has 6 nitrogen and oxygen atoms in total. The summed E-state index contributed by atoms with van der Waals surface area (Å²) < 4.78 is 6.88. The molecular weight excluding hydrogens is 268 g/mol. The number of carbonyl (C=O) groups excluding carboxylic acids is 1. The van der Waals surface area contributed by atoms with E-state index in [1.807, 2.05) is 43.4 Å². The van der Waals surface area contributed by atoms with E-state index in [2.05, 4.69) is 10.4 Å². The van der Waals surface area contributed by atoms with E-state index >= 15 is 0 Å². The van der Waals surface area contributed by atoms with Gasteiger partial charge in [0.2, 0.25) is 5.91 Å². The maximum atomic E-state index is 12.0. The predicted octanol–water partition coefficient (Wildman–Crippen LogP) is 1.50. The topological polar surface area (TPSA) is 59.4 Å². The molecule has 1 amide bonds. The Labute approximate surface area is 124 Å². The Bertz CT molecular complexity index is 609. The first-order valence-corrected chi connectivity index (χ1v) is 6.67. The van der Waals surface area contributed by atoms with Gasteiger partial charge in [0.05, 0.1) is 19.9 Å². The van der Waals surface area contributed by atoms with Crippen LogP contribution >= 0.6 is 0 Å². The van der Waals surface area contributed by atoms with Crippen molar-refractivity contribution in [1.29, 1.82) is 0 Å². The number of benzene rings is 1. The van der Waals surface area contributed by atoms with Gasteiger partial charge in [0.15, 0.2) is 0 Å².